The zero-order valence-corrected chi connectivity index (χ0v) is 9.18. The van der Waals surface area contributed by atoms with Crippen molar-refractivity contribution in [1.29, 1.82) is 0 Å². The van der Waals surface area contributed by atoms with Crippen molar-refractivity contribution in [2.75, 3.05) is 0 Å². The Bertz CT molecular complexity index is 349. The SMILES string of the molecule is O=CCC(c1cccc(Br)c1)C(F)(F)F. The number of halogens is 4. The van der Waals surface area contributed by atoms with E-state index in [9.17, 15) is 18.0 Å². The molecule has 5 heteroatoms. The van der Waals surface area contributed by atoms with Crippen LogP contribution >= 0.6 is 15.9 Å². The number of carbonyl (C=O) groups is 1. The van der Waals surface area contributed by atoms with E-state index in [1.165, 1.54) is 18.2 Å². The number of aldehydes is 1. The second-order valence-corrected chi connectivity index (χ2v) is 3.97. The molecule has 0 aliphatic rings. The molecule has 1 atom stereocenters. The minimum absolute atomic E-state index is 0.101. The molecule has 0 spiro atoms. The lowest BCUT2D eigenvalue weighted by molar-refractivity contribution is -0.154. The van der Waals surface area contributed by atoms with Gasteiger partial charge in [-0.15, -0.1) is 0 Å². The zero-order valence-electron chi connectivity index (χ0n) is 7.59. The molecule has 0 heterocycles. The third kappa shape index (κ3) is 3.34. The van der Waals surface area contributed by atoms with Crippen LogP contribution in [0.1, 0.15) is 17.9 Å². The van der Waals surface area contributed by atoms with Gasteiger partial charge in [0.25, 0.3) is 0 Å². The van der Waals surface area contributed by atoms with Gasteiger partial charge in [-0.05, 0) is 17.7 Å². The molecule has 0 fully saturated rings. The smallest absolute Gasteiger partial charge is 0.303 e. The Morgan fingerprint density at radius 1 is 1.40 bits per heavy atom. The average molecular weight is 281 g/mol. The molecule has 0 bridgehead atoms. The van der Waals surface area contributed by atoms with Crippen molar-refractivity contribution >= 4 is 22.2 Å². The van der Waals surface area contributed by atoms with Gasteiger partial charge in [-0.1, -0.05) is 28.1 Å². The van der Waals surface area contributed by atoms with E-state index in [1.807, 2.05) is 0 Å². The van der Waals surface area contributed by atoms with Gasteiger partial charge in [0.1, 0.15) is 6.29 Å². The molecule has 0 aliphatic carbocycles. The van der Waals surface area contributed by atoms with E-state index >= 15 is 0 Å². The standard InChI is InChI=1S/C10H8BrF3O/c11-8-3-1-2-7(6-8)9(4-5-15)10(12,13)14/h1-3,5-6,9H,4H2. The molecule has 1 nitrogen and oxygen atoms in total. The van der Waals surface area contributed by atoms with Crippen molar-refractivity contribution in [3.63, 3.8) is 0 Å². The molecule has 1 unspecified atom stereocenters. The second kappa shape index (κ2) is 4.79. The molecule has 1 rings (SSSR count). The summed E-state index contributed by atoms with van der Waals surface area (Å²) in [5, 5.41) is 0. The molecule has 1 aromatic rings. The van der Waals surface area contributed by atoms with Crippen LogP contribution in [0.15, 0.2) is 28.7 Å². The molecule has 0 aliphatic heterocycles. The molecule has 1 aromatic carbocycles. The van der Waals surface area contributed by atoms with E-state index < -0.39 is 18.5 Å². The van der Waals surface area contributed by atoms with Gasteiger partial charge in [0, 0.05) is 10.9 Å². The predicted octanol–water partition coefficient (Wildman–Crippen LogP) is 3.68. The highest BCUT2D eigenvalue weighted by Gasteiger charge is 2.40. The van der Waals surface area contributed by atoms with Crippen LogP contribution in [0.4, 0.5) is 13.2 Å². The minimum atomic E-state index is -4.39. The van der Waals surface area contributed by atoms with Crippen molar-refractivity contribution in [3.8, 4) is 0 Å². The number of rotatable bonds is 3. The number of alkyl halides is 3. The van der Waals surface area contributed by atoms with Crippen molar-refractivity contribution in [2.45, 2.75) is 18.5 Å². The van der Waals surface area contributed by atoms with Crippen LogP contribution in [0.3, 0.4) is 0 Å². The first-order chi connectivity index (χ1) is 6.95. The molecular weight excluding hydrogens is 273 g/mol. The Labute approximate surface area is 93.4 Å². The summed E-state index contributed by atoms with van der Waals surface area (Å²) in [7, 11) is 0. The largest absolute Gasteiger partial charge is 0.396 e. The zero-order chi connectivity index (χ0) is 11.5. The summed E-state index contributed by atoms with van der Waals surface area (Å²) in [5.41, 5.74) is 0.101. The van der Waals surface area contributed by atoms with E-state index in [1.54, 1.807) is 6.07 Å². The van der Waals surface area contributed by atoms with E-state index in [0.29, 0.717) is 10.8 Å². The van der Waals surface area contributed by atoms with E-state index in [-0.39, 0.29) is 5.56 Å². The molecule has 82 valence electrons. The number of carbonyl (C=O) groups excluding carboxylic acids is 1. The average Bonchev–Trinajstić information content (AvgIpc) is 2.12. The number of hydrogen-bond donors (Lipinski definition) is 0. The fourth-order valence-corrected chi connectivity index (χ4v) is 1.70. The first kappa shape index (κ1) is 12.2. The highest BCUT2D eigenvalue weighted by Crippen LogP contribution is 2.37. The van der Waals surface area contributed by atoms with E-state index in [0.717, 1.165) is 0 Å². The highest BCUT2D eigenvalue weighted by atomic mass is 79.9. The van der Waals surface area contributed by atoms with Crippen LogP contribution in [0.5, 0.6) is 0 Å². The Balaban J connectivity index is 3.04. The molecule has 0 saturated heterocycles. The quantitative estimate of drug-likeness (QED) is 0.772. The predicted molar refractivity (Wildman–Crippen MR) is 53.6 cm³/mol. The van der Waals surface area contributed by atoms with Gasteiger partial charge >= 0.3 is 6.18 Å². The number of hydrogen-bond acceptors (Lipinski definition) is 1. The van der Waals surface area contributed by atoms with Crippen LogP contribution in [0.2, 0.25) is 0 Å². The third-order valence-electron chi connectivity index (χ3n) is 1.98. The van der Waals surface area contributed by atoms with Crippen LogP contribution in [0.25, 0.3) is 0 Å². The third-order valence-corrected chi connectivity index (χ3v) is 2.47. The van der Waals surface area contributed by atoms with Crippen molar-refractivity contribution in [3.05, 3.63) is 34.3 Å². The van der Waals surface area contributed by atoms with Gasteiger partial charge in [-0.25, -0.2) is 0 Å². The van der Waals surface area contributed by atoms with Crippen LogP contribution < -0.4 is 0 Å². The van der Waals surface area contributed by atoms with Crippen LogP contribution in [-0.2, 0) is 4.79 Å². The van der Waals surface area contributed by atoms with Crippen molar-refractivity contribution in [1.82, 2.24) is 0 Å². The summed E-state index contributed by atoms with van der Waals surface area (Å²) in [5.74, 6) is -1.72. The maximum Gasteiger partial charge on any atom is 0.396 e. The maximum absolute atomic E-state index is 12.6. The summed E-state index contributed by atoms with van der Waals surface area (Å²) in [6.07, 6.45) is -4.64. The van der Waals surface area contributed by atoms with Gasteiger partial charge in [0.05, 0.1) is 5.92 Å². The van der Waals surface area contributed by atoms with Crippen molar-refractivity contribution in [2.24, 2.45) is 0 Å². The van der Waals surface area contributed by atoms with Crippen LogP contribution in [-0.4, -0.2) is 12.5 Å². The molecule has 15 heavy (non-hydrogen) atoms. The molecular formula is C10H8BrF3O. The lowest BCUT2D eigenvalue weighted by Crippen LogP contribution is -2.21. The van der Waals surface area contributed by atoms with Gasteiger partial charge in [-0.3, -0.25) is 0 Å². The normalized spacial score (nSPS) is 13.6. The molecule has 0 amide bonds. The van der Waals surface area contributed by atoms with Crippen molar-refractivity contribution < 1.29 is 18.0 Å². The minimum Gasteiger partial charge on any atom is -0.303 e. The summed E-state index contributed by atoms with van der Waals surface area (Å²) in [4.78, 5) is 10.2. The molecule has 0 N–H and O–H groups in total. The van der Waals surface area contributed by atoms with Gasteiger partial charge in [0.2, 0.25) is 0 Å². The fraction of sp³-hybridized carbons (Fsp3) is 0.300. The molecule has 0 radical (unpaired) electrons. The van der Waals surface area contributed by atoms with E-state index in [4.69, 9.17) is 0 Å². The van der Waals surface area contributed by atoms with Gasteiger partial charge in [0.15, 0.2) is 0 Å². The summed E-state index contributed by atoms with van der Waals surface area (Å²) < 4.78 is 38.2. The molecule has 0 aromatic heterocycles. The monoisotopic (exact) mass is 280 g/mol. The van der Waals surface area contributed by atoms with Crippen LogP contribution in [0, 0.1) is 0 Å². The fourth-order valence-electron chi connectivity index (χ4n) is 1.28. The Hall–Kier alpha value is -0.840. The van der Waals surface area contributed by atoms with Gasteiger partial charge < -0.3 is 4.79 Å². The summed E-state index contributed by atoms with van der Waals surface area (Å²) in [6, 6.07) is 5.90. The number of benzene rings is 1. The lowest BCUT2D eigenvalue weighted by Gasteiger charge is -2.18. The lowest BCUT2D eigenvalue weighted by atomic mass is 9.96. The van der Waals surface area contributed by atoms with E-state index in [2.05, 4.69) is 15.9 Å². The summed E-state index contributed by atoms with van der Waals surface area (Å²) in [6.45, 7) is 0. The molecule has 0 saturated carbocycles. The highest BCUT2D eigenvalue weighted by molar-refractivity contribution is 9.10. The Morgan fingerprint density at radius 2 is 2.07 bits per heavy atom. The first-order valence-electron chi connectivity index (χ1n) is 4.21. The summed E-state index contributed by atoms with van der Waals surface area (Å²) >= 11 is 3.09. The first-order valence-corrected chi connectivity index (χ1v) is 5.00. The Kier molecular flexibility index (Phi) is 3.90. The topological polar surface area (TPSA) is 17.1 Å². The Morgan fingerprint density at radius 3 is 2.53 bits per heavy atom. The second-order valence-electron chi connectivity index (χ2n) is 3.05. The maximum atomic E-state index is 12.6. The van der Waals surface area contributed by atoms with Gasteiger partial charge in [-0.2, -0.15) is 13.2 Å².